The second-order valence-corrected chi connectivity index (χ2v) is 14.7. The third-order valence-corrected chi connectivity index (χ3v) is 10.0. The molecule has 1 rings (SSSR count). The Morgan fingerprint density at radius 1 is 0.562 bits per heavy atom. The van der Waals surface area contributed by atoms with E-state index in [-0.39, 0.29) is 11.9 Å². The monoisotopic (exact) mass is 668 g/mol. The first-order valence-corrected chi connectivity index (χ1v) is 20.9. The molecular formula is C44H81N3O. The minimum atomic E-state index is -0.0158. The SMILES string of the molecule is CCCCC/C=C\C/C=C\CCCCCCCCC(CCCCCCCC/C=C\C/C=C\CCCCC)NC(=O)C1CN(C)CCN1C. The van der Waals surface area contributed by atoms with E-state index >= 15 is 0 Å². The average Bonchev–Trinajstić information content (AvgIpc) is 3.08. The lowest BCUT2D eigenvalue weighted by Crippen LogP contribution is -2.57. The fourth-order valence-electron chi connectivity index (χ4n) is 6.64. The minimum absolute atomic E-state index is 0.0158. The third kappa shape index (κ3) is 27.2. The zero-order valence-electron chi connectivity index (χ0n) is 32.6. The number of allylic oxidation sites excluding steroid dienone is 8. The first-order chi connectivity index (χ1) is 23.6. The maximum atomic E-state index is 13.3. The summed E-state index contributed by atoms with van der Waals surface area (Å²) in [6.45, 7) is 7.38. The van der Waals surface area contributed by atoms with Gasteiger partial charge < -0.3 is 10.2 Å². The zero-order valence-corrected chi connectivity index (χ0v) is 32.6. The van der Waals surface area contributed by atoms with Gasteiger partial charge in [0.2, 0.25) is 5.91 Å². The fourth-order valence-corrected chi connectivity index (χ4v) is 6.64. The van der Waals surface area contributed by atoms with Crippen molar-refractivity contribution in [2.75, 3.05) is 33.7 Å². The van der Waals surface area contributed by atoms with Crippen molar-refractivity contribution in [1.29, 1.82) is 0 Å². The van der Waals surface area contributed by atoms with Gasteiger partial charge in [-0.2, -0.15) is 0 Å². The summed E-state index contributed by atoms with van der Waals surface area (Å²) in [7, 11) is 4.25. The minimum Gasteiger partial charge on any atom is -0.352 e. The Labute approximate surface area is 300 Å². The molecule has 1 amide bonds. The molecule has 278 valence electrons. The van der Waals surface area contributed by atoms with E-state index in [9.17, 15) is 4.79 Å². The van der Waals surface area contributed by atoms with Crippen molar-refractivity contribution in [3.05, 3.63) is 48.6 Å². The lowest BCUT2D eigenvalue weighted by Gasteiger charge is -2.37. The normalized spacial score (nSPS) is 16.6. The molecule has 0 radical (unpaired) electrons. The van der Waals surface area contributed by atoms with Crippen LogP contribution in [0.15, 0.2) is 48.6 Å². The van der Waals surface area contributed by atoms with Crippen LogP contribution < -0.4 is 5.32 Å². The van der Waals surface area contributed by atoms with Gasteiger partial charge in [-0.1, -0.05) is 152 Å². The summed E-state index contributed by atoms with van der Waals surface area (Å²) in [5, 5.41) is 3.51. The van der Waals surface area contributed by atoms with E-state index in [0.717, 1.165) is 45.3 Å². The molecule has 4 heteroatoms. The van der Waals surface area contributed by atoms with Crippen molar-refractivity contribution in [1.82, 2.24) is 15.1 Å². The number of carbonyl (C=O) groups is 1. The van der Waals surface area contributed by atoms with E-state index in [1.807, 2.05) is 0 Å². The van der Waals surface area contributed by atoms with Gasteiger partial charge in [-0.25, -0.2) is 0 Å². The lowest BCUT2D eigenvalue weighted by atomic mass is 9.99. The molecule has 0 saturated carbocycles. The molecule has 1 N–H and O–H groups in total. The van der Waals surface area contributed by atoms with E-state index in [2.05, 4.69) is 91.7 Å². The molecule has 0 aromatic rings. The van der Waals surface area contributed by atoms with Crippen LogP contribution in [0.5, 0.6) is 0 Å². The van der Waals surface area contributed by atoms with Gasteiger partial charge in [0.25, 0.3) is 0 Å². The number of piperazine rings is 1. The van der Waals surface area contributed by atoms with Gasteiger partial charge in [-0.3, -0.25) is 9.69 Å². The second kappa shape index (κ2) is 33.8. The number of nitrogens with one attached hydrogen (secondary N) is 1. The Bertz CT molecular complexity index is 783. The Morgan fingerprint density at radius 2 is 0.958 bits per heavy atom. The van der Waals surface area contributed by atoms with Gasteiger partial charge in [0.05, 0.1) is 0 Å². The highest BCUT2D eigenvalue weighted by Crippen LogP contribution is 2.17. The van der Waals surface area contributed by atoms with E-state index in [0.29, 0.717) is 6.04 Å². The van der Waals surface area contributed by atoms with Crippen LogP contribution in [0.3, 0.4) is 0 Å². The molecule has 0 aromatic heterocycles. The summed E-state index contributed by atoms with van der Waals surface area (Å²) >= 11 is 0. The van der Waals surface area contributed by atoms with Crippen LogP contribution in [-0.4, -0.2) is 61.5 Å². The maximum absolute atomic E-state index is 13.3. The largest absolute Gasteiger partial charge is 0.352 e. The summed E-state index contributed by atoms with van der Waals surface area (Å²) in [5.41, 5.74) is 0. The van der Waals surface area contributed by atoms with Crippen LogP contribution in [0.2, 0.25) is 0 Å². The average molecular weight is 668 g/mol. The maximum Gasteiger partial charge on any atom is 0.238 e. The van der Waals surface area contributed by atoms with Gasteiger partial charge in [0, 0.05) is 25.7 Å². The number of hydrogen-bond donors (Lipinski definition) is 1. The summed E-state index contributed by atoms with van der Waals surface area (Å²) in [5.74, 6) is 0.245. The molecule has 0 bridgehead atoms. The molecule has 1 atom stereocenters. The second-order valence-electron chi connectivity index (χ2n) is 14.7. The molecule has 1 aliphatic rings. The number of likely N-dealkylation sites (N-methyl/N-ethyl adjacent to an activating group) is 2. The van der Waals surface area contributed by atoms with Gasteiger partial charge in [0.1, 0.15) is 6.04 Å². The Hall–Kier alpha value is -1.65. The number of nitrogens with zero attached hydrogens (tertiary/aromatic N) is 2. The zero-order chi connectivity index (χ0) is 34.8. The summed E-state index contributed by atoms with van der Waals surface area (Å²) in [6.07, 6.45) is 51.8. The van der Waals surface area contributed by atoms with Crippen molar-refractivity contribution in [2.45, 2.75) is 193 Å². The Morgan fingerprint density at radius 3 is 1.40 bits per heavy atom. The Kier molecular flexibility index (Phi) is 31.3. The summed E-state index contributed by atoms with van der Waals surface area (Å²) < 4.78 is 0. The molecule has 1 saturated heterocycles. The quantitative estimate of drug-likeness (QED) is 0.0573. The highest BCUT2D eigenvalue weighted by atomic mass is 16.2. The first-order valence-electron chi connectivity index (χ1n) is 20.9. The molecule has 1 aliphatic heterocycles. The van der Waals surface area contributed by atoms with Crippen molar-refractivity contribution < 1.29 is 4.79 Å². The van der Waals surface area contributed by atoms with Gasteiger partial charge in [-0.15, -0.1) is 0 Å². The molecule has 0 aromatic carbocycles. The summed E-state index contributed by atoms with van der Waals surface area (Å²) in [4.78, 5) is 17.8. The van der Waals surface area contributed by atoms with Gasteiger partial charge >= 0.3 is 0 Å². The highest BCUT2D eigenvalue weighted by molar-refractivity contribution is 5.82. The van der Waals surface area contributed by atoms with Crippen LogP contribution >= 0.6 is 0 Å². The van der Waals surface area contributed by atoms with Crippen LogP contribution in [0.1, 0.15) is 181 Å². The van der Waals surface area contributed by atoms with Crippen molar-refractivity contribution in [3.8, 4) is 0 Å². The van der Waals surface area contributed by atoms with E-state index in [4.69, 9.17) is 0 Å². The van der Waals surface area contributed by atoms with Crippen LogP contribution in [0, 0.1) is 0 Å². The van der Waals surface area contributed by atoms with E-state index in [1.165, 1.54) is 141 Å². The van der Waals surface area contributed by atoms with E-state index in [1.54, 1.807) is 0 Å². The highest BCUT2D eigenvalue weighted by Gasteiger charge is 2.29. The van der Waals surface area contributed by atoms with Crippen LogP contribution in [0.4, 0.5) is 0 Å². The smallest absolute Gasteiger partial charge is 0.238 e. The Balaban J connectivity index is 2.22. The fraction of sp³-hybridized carbons (Fsp3) is 0.795. The van der Waals surface area contributed by atoms with E-state index < -0.39 is 0 Å². The number of unbranched alkanes of at least 4 members (excludes halogenated alkanes) is 18. The topological polar surface area (TPSA) is 35.6 Å². The van der Waals surface area contributed by atoms with Crippen LogP contribution in [-0.2, 0) is 4.79 Å². The van der Waals surface area contributed by atoms with Crippen molar-refractivity contribution >= 4 is 5.91 Å². The molecule has 1 fully saturated rings. The molecular weight excluding hydrogens is 587 g/mol. The van der Waals surface area contributed by atoms with Crippen molar-refractivity contribution in [2.24, 2.45) is 0 Å². The lowest BCUT2D eigenvalue weighted by molar-refractivity contribution is -0.128. The predicted octanol–water partition coefficient (Wildman–Crippen LogP) is 12.1. The number of amides is 1. The van der Waals surface area contributed by atoms with Gasteiger partial charge in [0.15, 0.2) is 0 Å². The van der Waals surface area contributed by atoms with Gasteiger partial charge in [-0.05, 0) is 91.1 Å². The summed E-state index contributed by atoms with van der Waals surface area (Å²) in [6, 6.07) is 0.313. The first kappa shape index (κ1) is 44.4. The molecule has 0 aliphatic carbocycles. The predicted molar refractivity (Wildman–Crippen MR) is 214 cm³/mol. The molecule has 1 heterocycles. The number of rotatable bonds is 32. The van der Waals surface area contributed by atoms with Crippen LogP contribution in [0.25, 0.3) is 0 Å². The molecule has 0 spiro atoms. The number of hydrogen-bond acceptors (Lipinski definition) is 3. The molecule has 48 heavy (non-hydrogen) atoms. The standard InChI is InChI=1S/C44H81N3O/c1-5-7-9-11-13-15-17-19-21-23-25-27-29-31-33-35-37-42(45-44(48)43-41-46(3)39-40-47(43)4)38-36-34-32-30-28-26-24-22-20-18-16-14-12-10-8-6-2/h13-16,19-22,42-43H,5-12,17-18,23-41H2,1-4H3,(H,45,48)/b15-13-,16-14-,21-19-,22-20-. The third-order valence-electron chi connectivity index (χ3n) is 10.0. The number of carbonyl (C=O) groups excluding carboxylic acids is 1. The van der Waals surface area contributed by atoms with Crippen molar-refractivity contribution in [3.63, 3.8) is 0 Å². The molecule has 1 unspecified atom stereocenters. The molecule has 4 nitrogen and oxygen atoms in total.